The topological polar surface area (TPSA) is 234 Å². The molecule has 8 N–H and O–H groups in total. The number of aliphatic hydroxyl groups is 8. The van der Waals surface area contributed by atoms with Gasteiger partial charge in [-0.2, -0.15) is 0 Å². The molecule has 54 heavy (non-hydrogen) atoms. The van der Waals surface area contributed by atoms with E-state index in [2.05, 4.69) is 26.0 Å². The highest BCUT2D eigenvalue weighted by Crippen LogP contribution is 2.65. The highest BCUT2D eigenvalue weighted by atomic mass is 16.8. The van der Waals surface area contributed by atoms with Crippen molar-refractivity contribution in [2.24, 2.45) is 28.6 Å². The third-order valence-corrected chi connectivity index (χ3v) is 14.3. The lowest BCUT2D eigenvalue weighted by Gasteiger charge is -2.58. The largest absolute Gasteiger partial charge is 0.394 e. The fourth-order valence-electron chi connectivity index (χ4n) is 11.1. The Labute approximate surface area is 315 Å². The molecule has 0 bridgehead atoms. The van der Waals surface area contributed by atoms with E-state index >= 15 is 0 Å². The molecule has 0 radical (unpaired) electrons. The molecule has 0 spiro atoms. The zero-order valence-electron chi connectivity index (χ0n) is 31.7. The van der Waals surface area contributed by atoms with Crippen LogP contribution < -0.4 is 0 Å². The average molecular weight is 769 g/mol. The minimum Gasteiger partial charge on any atom is -0.394 e. The molecule has 3 heterocycles. The second-order valence-corrected chi connectivity index (χ2v) is 17.4. The molecule has 2 saturated carbocycles. The van der Waals surface area contributed by atoms with Crippen molar-refractivity contribution in [3.8, 4) is 0 Å². The Balaban J connectivity index is 1.10. The van der Waals surface area contributed by atoms with Crippen LogP contribution in [0.25, 0.3) is 0 Å². The summed E-state index contributed by atoms with van der Waals surface area (Å²) < 4.78 is 36.2. The number of fused-ring (bicyclic) bond motifs is 5. The van der Waals surface area contributed by atoms with Gasteiger partial charge in [-0.05, 0) is 99.9 Å². The normalized spacial score (nSPS) is 53.5. The summed E-state index contributed by atoms with van der Waals surface area (Å²) in [6.45, 7) is 8.62. The molecule has 3 aliphatic heterocycles. The summed E-state index contributed by atoms with van der Waals surface area (Å²) in [5.74, 6) is 1.53. The predicted molar refractivity (Wildman–Crippen MR) is 187 cm³/mol. The summed E-state index contributed by atoms with van der Waals surface area (Å²) in [7, 11) is 0. The lowest BCUT2D eigenvalue weighted by atomic mass is 9.47. The van der Waals surface area contributed by atoms with Crippen LogP contribution >= 0.6 is 0 Å². The molecule has 0 amide bonds. The summed E-state index contributed by atoms with van der Waals surface area (Å²) in [6.07, 6.45) is -11.4. The Hall–Kier alpha value is -1.41. The Morgan fingerprint density at radius 3 is 1.89 bits per heavy atom. The first-order valence-electron chi connectivity index (χ1n) is 19.7. The van der Waals surface area contributed by atoms with Gasteiger partial charge in [0.25, 0.3) is 0 Å². The molecule has 4 aliphatic carbocycles. The zero-order chi connectivity index (χ0) is 39.0. The molecule has 0 unspecified atom stereocenters. The first kappa shape index (κ1) is 40.8. The van der Waals surface area contributed by atoms with E-state index < -0.39 is 98.7 Å². The Morgan fingerprint density at radius 2 is 1.30 bits per heavy atom. The van der Waals surface area contributed by atoms with Gasteiger partial charge in [0.15, 0.2) is 24.7 Å². The van der Waals surface area contributed by atoms with E-state index in [0.29, 0.717) is 30.6 Å². The van der Waals surface area contributed by atoms with Gasteiger partial charge in [-0.1, -0.05) is 31.6 Å². The van der Waals surface area contributed by atoms with E-state index in [0.717, 1.165) is 37.7 Å². The summed E-state index contributed by atoms with van der Waals surface area (Å²) in [6, 6.07) is 0. The molecular formula is C39H60O15. The quantitative estimate of drug-likeness (QED) is 0.152. The van der Waals surface area contributed by atoms with Crippen LogP contribution in [0.2, 0.25) is 0 Å². The Bertz CT molecular complexity index is 1440. The summed E-state index contributed by atoms with van der Waals surface area (Å²) in [5, 5.41) is 85.2. The molecular weight excluding hydrogens is 708 g/mol. The first-order chi connectivity index (χ1) is 25.5. The van der Waals surface area contributed by atoms with Crippen molar-refractivity contribution >= 4 is 5.78 Å². The number of carbonyl (C=O) groups is 1. The maximum Gasteiger partial charge on any atom is 0.187 e. The van der Waals surface area contributed by atoms with E-state index in [1.807, 2.05) is 0 Å². The number of rotatable bonds is 8. The minimum atomic E-state index is -1.71. The van der Waals surface area contributed by atoms with Crippen LogP contribution in [0, 0.1) is 28.6 Å². The summed E-state index contributed by atoms with van der Waals surface area (Å²) >= 11 is 0. The zero-order valence-corrected chi connectivity index (χ0v) is 31.7. The smallest absolute Gasteiger partial charge is 0.187 e. The fourth-order valence-corrected chi connectivity index (χ4v) is 11.1. The van der Waals surface area contributed by atoms with E-state index in [9.17, 15) is 45.6 Å². The van der Waals surface area contributed by atoms with Crippen LogP contribution in [0.15, 0.2) is 23.3 Å². The molecule has 3 saturated heterocycles. The van der Waals surface area contributed by atoms with E-state index in [-0.39, 0.29) is 22.7 Å². The van der Waals surface area contributed by atoms with E-state index in [4.69, 9.17) is 28.4 Å². The number of hydrogen-bond donors (Lipinski definition) is 8. The number of carbonyl (C=O) groups excluding carboxylic acids is 1. The number of aliphatic hydroxyl groups excluding tert-OH is 8. The highest BCUT2D eigenvalue weighted by molar-refractivity contribution is 5.95. The number of Topliss-reactive ketones (excluding diaryl/α,β-unsaturated/α-hetero) is 1. The standard InChI is InChI=1S/C39H60O15/c1-16(41)22-8-9-23-21-7-6-19-14-20(10-12-38(19,4)24(21)11-13-39(22,23)5)51-37-34(54-36-31(47)29(45)27(43)18(3)50-36)32(48)33(25(15-40)52-37)53-35-30(46)28(44)26(42)17(2)49-35/h6,8,17-18,20-21,23-37,40,42-48H,7,9-15H2,1-5H3/t17-,18-,20-,21-,23-,24-,25+,26-,27-,28+,29+,30+,31+,32-,33+,34+,35-,36-,37+,38-,39+/m0/s1. The third-order valence-electron chi connectivity index (χ3n) is 14.3. The van der Waals surface area contributed by atoms with Crippen LogP contribution in [-0.2, 0) is 33.2 Å². The van der Waals surface area contributed by atoms with Crippen molar-refractivity contribution < 1.29 is 74.1 Å². The predicted octanol–water partition coefficient (Wildman–Crippen LogP) is -0.0368. The second kappa shape index (κ2) is 15.4. The van der Waals surface area contributed by atoms with Crippen molar-refractivity contribution in [3.63, 3.8) is 0 Å². The fraction of sp³-hybridized carbons (Fsp3) is 0.872. The molecule has 7 aliphatic rings. The molecule has 21 atom stereocenters. The number of allylic oxidation sites excluding steroid dienone is 3. The van der Waals surface area contributed by atoms with Gasteiger partial charge >= 0.3 is 0 Å². The van der Waals surface area contributed by atoms with E-state index in [1.165, 1.54) is 19.4 Å². The monoisotopic (exact) mass is 768 g/mol. The number of hydrogen-bond acceptors (Lipinski definition) is 15. The molecule has 306 valence electrons. The van der Waals surface area contributed by atoms with Gasteiger partial charge < -0.3 is 69.3 Å². The van der Waals surface area contributed by atoms with Crippen LogP contribution in [0.3, 0.4) is 0 Å². The minimum absolute atomic E-state index is 0.0538. The first-order valence-corrected chi connectivity index (χ1v) is 19.7. The summed E-state index contributed by atoms with van der Waals surface area (Å²) in [4.78, 5) is 12.5. The lowest BCUT2D eigenvalue weighted by Crippen LogP contribution is -2.66. The maximum absolute atomic E-state index is 12.5. The lowest BCUT2D eigenvalue weighted by molar-refractivity contribution is -0.388. The van der Waals surface area contributed by atoms with Crippen LogP contribution in [0.5, 0.6) is 0 Å². The summed E-state index contributed by atoms with van der Waals surface area (Å²) in [5.41, 5.74) is 2.14. The Morgan fingerprint density at radius 1 is 0.704 bits per heavy atom. The Kier molecular flexibility index (Phi) is 11.6. The van der Waals surface area contributed by atoms with Crippen LogP contribution in [0.1, 0.15) is 79.6 Å². The van der Waals surface area contributed by atoms with Crippen molar-refractivity contribution in [2.75, 3.05) is 6.61 Å². The SMILES string of the molecule is CC(=O)C1=CC[C@H]2[C@@H]3CC=C4C[C@@H](O[C@@H]5O[C@H](CO)[C@@H](O[C@@H]6O[C@@H](C)[C@H](O)[C@@H](O)[C@H]6O)[C@H](O)[C@H]5O[C@@H]5O[C@@H](C)[C@H](O)[C@@H](O)[C@H]5O)CC[C@]4(C)[C@H]3CC[C@]12C. The molecule has 15 heteroatoms. The molecule has 0 aromatic heterocycles. The molecule has 5 fully saturated rings. The van der Waals surface area contributed by atoms with Crippen molar-refractivity contribution in [3.05, 3.63) is 23.3 Å². The van der Waals surface area contributed by atoms with Gasteiger partial charge in [0, 0.05) is 0 Å². The molecule has 0 aromatic carbocycles. The van der Waals surface area contributed by atoms with Crippen molar-refractivity contribution in [2.45, 2.75) is 178 Å². The molecule has 0 aromatic rings. The van der Waals surface area contributed by atoms with E-state index in [1.54, 1.807) is 6.92 Å². The van der Waals surface area contributed by atoms with Gasteiger partial charge in [-0.15, -0.1) is 0 Å². The second-order valence-electron chi connectivity index (χ2n) is 17.4. The van der Waals surface area contributed by atoms with Gasteiger partial charge in [0.1, 0.15) is 61.0 Å². The van der Waals surface area contributed by atoms with Gasteiger partial charge in [0.05, 0.1) is 24.9 Å². The van der Waals surface area contributed by atoms with Crippen molar-refractivity contribution in [1.82, 2.24) is 0 Å². The van der Waals surface area contributed by atoms with Gasteiger partial charge in [-0.3, -0.25) is 4.79 Å². The third kappa shape index (κ3) is 6.87. The molecule has 15 nitrogen and oxygen atoms in total. The van der Waals surface area contributed by atoms with Crippen LogP contribution in [-0.4, -0.2) is 151 Å². The highest BCUT2D eigenvalue weighted by Gasteiger charge is 2.59. The van der Waals surface area contributed by atoms with Gasteiger partial charge in [-0.25, -0.2) is 0 Å². The van der Waals surface area contributed by atoms with Crippen molar-refractivity contribution in [1.29, 1.82) is 0 Å². The van der Waals surface area contributed by atoms with Crippen LogP contribution in [0.4, 0.5) is 0 Å². The molecule has 7 rings (SSSR count). The maximum atomic E-state index is 12.5. The number of ether oxygens (including phenoxy) is 6. The number of ketones is 1. The average Bonchev–Trinajstić information content (AvgIpc) is 3.50. The van der Waals surface area contributed by atoms with Gasteiger partial charge in [0.2, 0.25) is 0 Å².